The predicted molar refractivity (Wildman–Crippen MR) is 63.8 cm³/mol. The quantitative estimate of drug-likeness (QED) is 0.844. The number of aromatic nitrogens is 1. The summed E-state index contributed by atoms with van der Waals surface area (Å²) in [6, 6.07) is 3.39. The van der Waals surface area contributed by atoms with Crippen LogP contribution in [0, 0.1) is 0 Å². The molecule has 0 radical (unpaired) electrons. The molecule has 1 aliphatic rings. The zero-order valence-corrected chi connectivity index (χ0v) is 9.93. The van der Waals surface area contributed by atoms with Gasteiger partial charge < -0.3 is 0 Å². The number of nitrogens with one attached hydrogen (secondary N) is 1. The Hall–Kier alpha value is -1.91. The van der Waals surface area contributed by atoms with Gasteiger partial charge in [-0.1, -0.05) is 13.8 Å². The van der Waals surface area contributed by atoms with Crippen molar-refractivity contribution in [2.75, 3.05) is 11.4 Å². The molecule has 1 aliphatic heterocycles. The van der Waals surface area contributed by atoms with Crippen LogP contribution >= 0.6 is 0 Å². The lowest BCUT2D eigenvalue weighted by atomic mass is 10.1. The van der Waals surface area contributed by atoms with Gasteiger partial charge in [-0.3, -0.25) is 20.0 Å². The van der Waals surface area contributed by atoms with Gasteiger partial charge in [0.15, 0.2) is 0 Å². The monoisotopic (exact) mass is 233 g/mol. The van der Waals surface area contributed by atoms with Crippen LogP contribution in [0.25, 0.3) is 0 Å². The molecule has 1 aromatic rings. The van der Waals surface area contributed by atoms with Crippen LogP contribution in [0.2, 0.25) is 0 Å². The van der Waals surface area contributed by atoms with Gasteiger partial charge in [-0.25, -0.2) is 4.79 Å². The summed E-state index contributed by atoms with van der Waals surface area (Å²) in [5.41, 5.74) is 1.71. The van der Waals surface area contributed by atoms with Gasteiger partial charge in [0, 0.05) is 18.7 Å². The SMILES string of the molecule is CC(C)c1ccc(N2CCC(=O)NC2=O)cn1. The van der Waals surface area contributed by atoms with Crippen LogP contribution in [0.3, 0.4) is 0 Å². The van der Waals surface area contributed by atoms with Crippen molar-refractivity contribution >= 4 is 17.6 Å². The lowest BCUT2D eigenvalue weighted by Gasteiger charge is -2.26. The highest BCUT2D eigenvalue weighted by Gasteiger charge is 2.24. The van der Waals surface area contributed by atoms with Gasteiger partial charge in [0.05, 0.1) is 11.9 Å². The first-order valence-electron chi connectivity index (χ1n) is 5.65. The molecule has 5 nitrogen and oxygen atoms in total. The molecule has 0 aliphatic carbocycles. The smallest absolute Gasteiger partial charge is 0.292 e. The predicted octanol–water partition coefficient (Wildman–Crippen LogP) is 1.65. The molecule has 0 spiro atoms. The molecule has 2 heterocycles. The van der Waals surface area contributed by atoms with Crippen molar-refractivity contribution in [2.45, 2.75) is 26.2 Å². The summed E-state index contributed by atoms with van der Waals surface area (Å²) in [4.78, 5) is 28.4. The number of imide groups is 1. The molecule has 0 bridgehead atoms. The van der Waals surface area contributed by atoms with E-state index < -0.39 is 0 Å². The minimum atomic E-state index is -0.375. The van der Waals surface area contributed by atoms with Crippen LogP contribution in [0.5, 0.6) is 0 Å². The fourth-order valence-electron chi connectivity index (χ4n) is 1.71. The summed E-state index contributed by atoms with van der Waals surface area (Å²) >= 11 is 0. The third-order valence-corrected chi connectivity index (χ3v) is 2.73. The summed E-state index contributed by atoms with van der Waals surface area (Å²) in [5, 5.41) is 2.29. The maximum absolute atomic E-state index is 11.6. The van der Waals surface area contributed by atoms with E-state index in [1.165, 1.54) is 4.90 Å². The van der Waals surface area contributed by atoms with Crippen molar-refractivity contribution in [1.29, 1.82) is 0 Å². The van der Waals surface area contributed by atoms with E-state index in [4.69, 9.17) is 0 Å². The number of urea groups is 1. The lowest BCUT2D eigenvalue weighted by molar-refractivity contribution is -0.120. The van der Waals surface area contributed by atoms with E-state index in [0.717, 1.165) is 11.4 Å². The van der Waals surface area contributed by atoms with E-state index in [2.05, 4.69) is 24.1 Å². The Bertz CT molecular complexity index is 440. The van der Waals surface area contributed by atoms with Crippen LogP contribution in [0.4, 0.5) is 10.5 Å². The summed E-state index contributed by atoms with van der Waals surface area (Å²) in [6.45, 7) is 4.54. The third kappa shape index (κ3) is 2.43. The van der Waals surface area contributed by atoms with Crippen molar-refractivity contribution in [3.05, 3.63) is 24.0 Å². The number of carbonyl (C=O) groups is 2. The van der Waals surface area contributed by atoms with Gasteiger partial charge in [-0.05, 0) is 18.1 Å². The highest BCUT2D eigenvalue weighted by molar-refractivity contribution is 6.05. The summed E-state index contributed by atoms with van der Waals surface area (Å²) < 4.78 is 0. The molecule has 0 aromatic carbocycles. The number of hydrogen-bond donors (Lipinski definition) is 1. The normalized spacial score (nSPS) is 16.3. The van der Waals surface area contributed by atoms with Gasteiger partial charge in [-0.15, -0.1) is 0 Å². The molecule has 0 unspecified atom stereocenters. The Balaban J connectivity index is 2.17. The Morgan fingerprint density at radius 2 is 2.12 bits per heavy atom. The van der Waals surface area contributed by atoms with Crippen molar-refractivity contribution in [3.8, 4) is 0 Å². The first-order valence-corrected chi connectivity index (χ1v) is 5.65. The van der Waals surface area contributed by atoms with Crippen LogP contribution < -0.4 is 10.2 Å². The first-order chi connectivity index (χ1) is 8.08. The molecule has 2 rings (SSSR count). The molecule has 1 fully saturated rings. The van der Waals surface area contributed by atoms with Gasteiger partial charge >= 0.3 is 6.03 Å². The minimum absolute atomic E-state index is 0.224. The number of carbonyl (C=O) groups excluding carboxylic acids is 2. The fourth-order valence-corrected chi connectivity index (χ4v) is 1.71. The zero-order chi connectivity index (χ0) is 12.4. The van der Waals surface area contributed by atoms with Crippen molar-refractivity contribution in [2.24, 2.45) is 0 Å². The first kappa shape index (κ1) is 11.6. The number of anilines is 1. The van der Waals surface area contributed by atoms with Crippen LogP contribution in [-0.4, -0.2) is 23.5 Å². The molecule has 1 N–H and O–H groups in total. The van der Waals surface area contributed by atoms with Gasteiger partial charge in [0.1, 0.15) is 0 Å². The molecule has 1 aromatic heterocycles. The Morgan fingerprint density at radius 3 is 2.65 bits per heavy atom. The molecular formula is C12H15N3O2. The molecule has 3 amide bonds. The van der Waals surface area contributed by atoms with Crippen LogP contribution in [-0.2, 0) is 4.79 Å². The van der Waals surface area contributed by atoms with E-state index in [9.17, 15) is 9.59 Å². The van der Waals surface area contributed by atoms with Gasteiger partial charge in [0.25, 0.3) is 0 Å². The Kier molecular flexibility index (Phi) is 3.08. The topological polar surface area (TPSA) is 62.3 Å². The lowest BCUT2D eigenvalue weighted by Crippen LogP contribution is -2.49. The summed E-state index contributed by atoms with van der Waals surface area (Å²) in [7, 11) is 0. The number of nitrogens with zero attached hydrogens (tertiary/aromatic N) is 2. The number of rotatable bonds is 2. The van der Waals surface area contributed by atoms with Crippen LogP contribution in [0.15, 0.2) is 18.3 Å². The Labute approximate surface area is 99.8 Å². The van der Waals surface area contributed by atoms with E-state index in [0.29, 0.717) is 18.9 Å². The average Bonchev–Trinajstić information content (AvgIpc) is 2.29. The number of amides is 3. The largest absolute Gasteiger partial charge is 0.328 e. The minimum Gasteiger partial charge on any atom is -0.292 e. The summed E-state index contributed by atoms with van der Waals surface area (Å²) in [6.07, 6.45) is 2.00. The van der Waals surface area contributed by atoms with E-state index in [-0.39, 0.29) is 11.9 Å². The van der Waals surface area contributed by atoms with E-state index >= 15 is 0 Å². The number of pyridine rings is 1. The highest BCUT2D eigenvalue weighted by atomic mass is 16.2. The molecule has 0 atom stereocenters. The fraction of sp³-hybridized carbons (Fsp3) is 0.417. The maximum atomic E-state index is 11.6. The summed E-state index contributed by atoms with van der Waals surface area (Å²) in [5.74, 6) is 0.138. The van der Waals surface area contributed by atoms with E-state index in [1.807, 2.05) is 12.1 Å². The third-order valence-electron chi connectivity index (χ3n) is 2.73. The molecular weight excluding hydrogens is 218 g/mol. The van der Waals surface area contributed by atoms with Gasteiger partial charge in [0.2, 0.25) is 5.91 Å². The number of hydrogen-bond acceptors (Lipinski definition) is 3. The molecule has 17 heavy (non-hydrogen) atoms. The van der Waals surface area contributed by atoms with Crippen LogP contribution in [0.1, 0.15) is 31.9 Å². The van der Waals surface area contributed by atoms with E-state index in [1.54, 1.807) is 6.20 Å². The Morgan fingerprint density at radius 1 is 1.35 bits per heavy atom. The second-order valence-corrected chi connectivity index (χ2v) is 4.35. The standard InChI is InChI=1S/C12H15N3O2/c1-8(2)10-4-3-9(7-13-10)15-6-5-11(16)14-12(15)17/h3-4,7-8H,5-6H2,1-2H3,(H,14,16,17). The second kappa shape index (κ2) is 4.53. The zero-order valence-electron chi connectivity index (χ0n) is 9.93. The molecule has 5 heteroatoms. The second-order valence-electron chi connectivity index (χ2n) is 4.35. The van der Waals surface area contributed by atoms with Crippen molar-refractivity contribution < 1.29 is 9.59 Å². The maximum Gasteiger partial charge on any atom is 0.328 e. The van der Waals surface area contributed by atoms with Crippen molar-refractivity contribution in [1.82, 2.24) is 10.3 Å². The molecule has 90 valence electrons. The van der Waals surface area contributed by atoms with Crippen molar-refractivity contribution in [3.63, 3.8) is 0 Å². The van der Waals surface area contributed by atoms with Gasteiger partial charge in [-0.2, -0.15) is 0 Å². The highest BCUT2D eigenvalue weighted by Crippen LogP contribution is 2.18. The average molecular weight is 233 g/mol. The molecule has 0 saturated carbocycles. The molecule has 1 saturated heterocycles.